The molecule has 0 radical (unpaired) electrons. The smallest absolute Gasteiger partial charge is 0.251 e. The monoisotopic (exact) mass is 354 g/mol. The van der Waals surface area contributed by atoms with E-state index >= 15 is 0 Å². The molecule has 138 valence electrons. The first-order chi connectivity index (χ1) is 12.8. The van der Waals surface area contributed by atoms with Gasteiger partial charge >= 0.3 is 0 Å². The molecule has 0 saturated carbocycles. The average Bonchev–Trinajstić information content (AvgIpc) is 3.18. The van der Waals surface area contributed by atoms with Gasteiger partial charge in [-0.2, -0.15) is 5.10 Å². The third-order valence-corrected chi connectivity index (χ3v) is 5.41. The number of nitrogens with zero attached hydrogens (tertiary/aromatic N) is 3. The lowest BCUT2D eigenvalue weighted by Crippen LogP contribution is -2.46. The first-order valence-corrected chi connectivity index (χ1v) is 9.48. The maximum Gasteiger partial charge on any atom is 0.251 e. The molecule has 0 aliphatic carbocycles. The van der Waals surface area contributed by atoms with Crippen molar-refractivity contribution >= 4 is 5.91 Å². The van der Waals surface area contributed by atoms with Crippen molar-refractivity contribution in [3.05, 3.63) is 53.9 Å². The minimum absolute atomic E-state index is 0.0108. The van der Waals surface area contributed by atoms with Crippen LogP contribution in [-0.4, -0.2) is 52.9 Å². The van der Waals surface area contributed by atoms with E-state index in [0.717, 1.165) is 45.6 Å². The minimum Gasteiger partial charge on any atom is -0.381 e. The van der Waals surface area contributed by atoms with Crippen molar-refractivity contribution in [1.29, 1.82) is 0 Å². The Labute approximate surface area is 154 Å². The zero-order valence-corrected chi connectivity index (χ0v) is 15.0. The molecule has 1 N–H and O–H groups in total. The molecule has 4 rings (SSSR count). The molecule has 1 amide bonds. The van der Waals surface area contributed by atoms with E-state index in [0.29, 0.717) is 24.2 Å². The summed E-state index contributed by atoms with van der Waals surface area (Å²) in [4.78, 5) is 14.8. The summed E-state index contributed by atoms with van der Waals surface area (Å²) in [5.41, 5.74) is 1.97. The first-order valence-electron chi connectivity index (χ1n) is 9.48. The molecule has 0 spiro atoms. The van der Waals surface area contributed by atoms with Crippen LogP contribution in [0.3, 0.4) is 0 Å². The van der Waals surface area contributed by atoms with E-state index in [1.54, 1.807) is 0 Å². The predicted molar refractivity (Wildman–Crippen MR) is 98.9 cm³/mol. The normalized spacial score (nSPS) is 21.3. The maximum atomic E-state index is 12.2. The number of fused-ring (bicyclic) bond motifs is 1. The van der Waals surface area contributed by atoms with Crippen LogP contribution in [0.5, 0.6) is 0 Å². The van der Waals surface area contributed by atoms with Crippen LogP contribution >= 0.6 is 0 Å². The van der Waals surface area contributed by atoms with Crippen LogP contribution in [0.1, 0.15) is 41.4 Å². The number of nitrogens with one attached hydrogen (secondary N) is 1. The van der Waals surface area contributed by atoms with Crippen LogP contribution in [0.25, 0.3) is 0 Å². The molecule has 0 bridgehead atoms. The largest absolute Gasteiger partial charge is 0.381 e. The third-order valence-electron chi connectivity index (χ3n) is 5.41. The van der Waals surface area contributed by atoms with Crippen LogP contribution in [-0.2, 0) is 11.3 Å². The van der Waals surface area contributed by atoms with E-state index in [4.69, 9.17) is 4.74 Å². The second-order valence-electron chi connectivity index (χ2n) is 7.10. The van der Waals surface area contributed by atoms with Gasteiger partial charge < -0.3 is 10.1 Å². The molecule has 1 fully saturated rings. The summed E-state index contributed by atoms with van der Waals surface area (Å²) < 4.78 is 7.66. The molecule has 1 aromatic heterocycles. The zero-order chi connectivity index (χ0) is 17.8. The van der Waals surface area contributed by atoms with Gasteiger partial charge in [0.1, 0.15) is 0 Å². The van der Waals surface area contributed by atoms with Gasteiger partial charge in [-0.3, -0.25) is 14.4 Å². The fourth-order valence-electron chi connectivity index (χ4n) is 4.00. The fourth-order valence-corrected chi connectivity index (χ4v) is 4.00. The summed E-state index contributed by atoms with van der Waals surface area (Å²) in [6.45, 7) is 4.31. The number of hydrogen-bond donors (Lipinski definition) is 1. The number of carbonyl (C=O) groups excluding carboxylic acids is 1. The number of aromatic nitrogens is 2. The molecule has 1 aromatic carbocycles. The van der Waals surface area contributed by atoms with Crippen LogP contribution in [0.15, 0.2) is 42.6 Å². The molecule has 2 aromatic rings. The molecule has 1 atom stereocenters. The highest BCUT2D eigenvalue weighted by molar-refractivity contribution is 5.94. The third kappa shape index (κ3) is 3.81. The number of rotatable bonds is 5. The van der Waals surface area contributed by atoms with Gasteiger partial charge in [-0.1, -0.05) is 18.2 Å². The first kappa shape index (κ1) is 17.2. The van der Waals surface area contributed by atoms with Gasteiger partial charge in [0.15, 0.2) is 0 Å². The lowest BCUT2D eigenvalue weighted by Gasteiger charge is -2.40. The lowest BCUT2D eigenvalue weighted by atomic mass is 10.0. The van der Waals surface area contributed by atoms with Crippen molar-refractivity contribution in [3.8, 4) is 0 Å². The summed E-state index contributed by atoms with van der Waals surface area (Å²) >= 11 is 0. The van der Waals surface area contributed by atoms with Crippen molar-refractivity contribution in [3.63, 3.8) is 0 Å². The van der Waals surface area contributed by atoms with E-state index in [9.17, 15) is 4.79 Å². The van der Waals surface area contributed by atoms with Crippen molar-refractivity contribution < 1.29 is 9.53 Å². The Morgan fingerprint density at radius 2 is 2.00 bits per heavy atom. The quantitative estimate of drug-likeness (QED) is 0.895. The Bertz CT molecular complexity index is 724. The number of amides is 1. The predicted octanol–water partition coefficient (Wildman–Crippen LogP) is 2.24. The molecule has 3 heterocycles. The average molecular weight is 354 g/mol. The van der Waals surface area contributed by atoms with Crippen LogP contribution in [0, 0.1) is 0 Å². The highest BCUT2D eigenvalue weighted by atomic mass is 16.5. The zero-order valence-electron chi connectivity index (χ0n) is 15.0. The van der Waals surface area contributed by atoms with Crippen LogP contribution in [0.2, 0.25) is 0 Å². The van der Waals surface area contributed by atoms with Gasteiger partial charge in [0.05, 0.1) is 11.7 Å². The highest BCUT2D eigenvalue weighted by Gasteiger charge is 2.30. The molecule has 2 aliphatic rings. The maximum absolute atomic E-state index is 12.2. The van der Waals surface area contributed by atoms with E-state index in [2.05, 4.69) is 26.1 Å². The minimum atomic E-state index is -0.0108. The van der Waals surface area contributed by atoms with Crippen LogP contribution in [0.4, 0.5) is 0 Å². The van der Waals surface area contributed by atoms with Gasteiger partial charge in [-0.05, 0) is 37.5 Å². The van der Waals surface area contributed by atoms with Gasteiger partial charge in [0.2, 0.25) is 0 Å². The number of benzene rings is 1. The molecule has 26 heavy (non-hydrogen) atoms. The van der Waals surface area contributed by atoms with E-state index in [1.807, 2.05) is 36.5 Å². The second-order valence-corrected chi connectivity index (χ2v) is 7.10. The Morgan fingerprint density at radius 3 is 2.81 bits per heavy atom. The molecule has 2 aliphatic heterocycles. The molecule has 1 saturated heterocycles. The second kappa shape index (κ2) is 8.01. The van der Waals surface area contributed by atoms with E-state index in [1.165, 1.54) is 5.69 Å². The summed E-state index contributed by atoms with van der Waals surface area (Å²) in [5, 5.41) is 7.57. The van der Waals surface area contributed by atoms with Crippen molar-refractivity contribution in [2.75, 3.05) is 26.3 Å². The number of hydrogen-bond acceptors (Lipinski definition) is 4. The van der Waals surface area contributed by atoms with E-state index < -0.39 is 0 Å². The van der Waals surface area contributed by atoms with Gasteiger partial charge in [0.25, 0.3) is 5.91 Å². The van der Waals surface area contributed by atoms with E-state index in [-0.39, 0.29) is 5.91 Å². The van der Waals surface area contributed by atoms with Gasteiger partial charge in [-0.25, -0.2) is 0 Å². The summed E-state index contributed by atoms with van der Waals surface area (Å²) in [6, 6.07) is 12.4. The molecular formula is C20H26N4O2. The Hall–Kier alpha value is -2.18. The van der Waals surface area contributed by atoms with Gasteiger partial charge in [0, 0.05) is 50.7 Å². The van der Waals surface area contributed by atoms with Crippen molar-refractivity contribution in [1.82, 2.24) is 20.0 Å². The topological polar surface area (TPSA) is 59.4 Å². The number of ether oxygens (including phenoxy) is 1. The van der Waals surface area contributed by atoms with Gasteiger partial charge in [-0.15, -0.1) is 0 Å². The Balaban J connectivity index is 1.37. The molecule has 6 heteroatoms. The molecule has 0 unspecified atom stereocenters. The Morgan fingerprint density at radius 1 is 1.19 bits per heavy atom. The summed E-state index contributed by atoms with van der Waals surface area (Å²) in [7, 11) is 0. The van der Waals surface area contributed by atoms with Crippen molar-refractivity contribution in [2.45, 2.75) is 37.9 Å². The highest BCUT2D eigenvalue weighted by Crippen LogP contribution is 2.27. The standard InChI is InChI=1S/C20H26N4O2/c25-20(16-4-2-1-3-5-16)21-10-6-18-14-23(17-8-12-26-13-9-17)15-19-7-11-22-24(18)19/h1-5,7,11,17-18H,6,8-10,12-15H2,(H,21,25)/t18-/m1/s1. The Kier molecular flexibility index (Phi) is 5.32. The SMILES string of the molecule is O=C(NCC[C@@H]1CN(C2CCOCC2)Cc2ccnn21)c1ccccc1. The van der Waals surface area contributed by atoms with Crippen LogP contribution < -0.4 is 5.32 Å². The summed E-state index contributed by atoms with van der Waals surface area (Å²) in [5.74, 6) is -0.0108. The fraction of sp³-hybridized carbons (Fsp3) is 0.500. The molecular weight excluding hydrogens is 328 g/mol. The summed E-state index contributed by atoms with van der Waals surface area (Å²) in [6.07, 6.45) is 4.97. The lowest BCUT2D eigenvalue weighted by molar-refractivity contribution is 0.0158. The number of carbonyl (C=O) groups is 1. The van der Waals surface area contributed by atoms with Crippen molar-refractivity contribution in [2.24, 2.45) is 0 Å². The molecule has 6 nitrogen and oxygen atoms in total.